The molecule has 0 radical (unpaired) electrons. The summed E-state index contributed by atoms with van der Waals surface area (Å²) in [5, 5.41) is 0.983. The molecule has 1 fully saturated rings. The molecule has 4 aromatic rings. The number of benzene rings is 3. The highest BCUT2D eigenvalue weighted by Gasteiger charge is 2.22. The summed E-state index contributed by atoms with van der Waals surface area (Å²) in [7, 11) is -1.43. The Labute approximate surface area is 220 Å². The van der Waals surface area contributed by atoms with Crippen molar-refractivity contribution in [3.63, 3.8) is 0 Å². The van der Waals surface area contributed by atoms with Gasteiger partial charge in [-0.25, -0.2) is 12.4 Å². The van der Waals surface area contributed by atoms with Gasteiger partial charge in [-0.1, -0.05) is 54.6 Å². The highest BCUT2D eigenvalue weighted by atomic mass is 32.2. The summed E-state index contributed by atoms with van der Waals surface area (Å²) < 4.78 is 27.9. The second-order valence-electron chi connectivity index (χ2n) is 9.90. The smallest absolute Gasteiger partial charge is 0.268 e. The molecular formula is C30H36N4O2S. The molecule has 1 aromatic heterocycles. The van der Waals surface area contributed by atoms with E-state index in [1.807, 2.05) is 24.3 Å². The predicted octanol–water partition coefficient (Wildman–Crippen LogP) is 4.91. The first-order valence-corrected chi connectivity index (χ1v) is 14.6. The van der Waals surface area contributed by atoms with E-state index in [4.69, 9.17) is 0 Å². The van der Waals surface area contributed by atoms with Gasteiger partial charge < -0.3 is 9.80 Å². The van der Waals surface area contributed by atoms with Crippen molar-refractivity contribution < 1.29 is 8.42 Å². The van der Waals surface area contributed by atoms with E-state index in [2.05, 4.69) is 58.1 Å². The second kappa shape index (κ2) is 11.5. The van der Waals surface area contributed by atoms with Gasteiger partial charge in [-0.2, -0.15) is 0 Å². The summed E-state index contributed by atoms with van der Waals surface area (Å²) >= 11 is 0. The lowest BCUT2D eigenvalue weighted by molar-refractivity contribution is 0.243. The number of hydrogen-bond acceptors (Lipinski definition) is 5. The van der Waals surface area contributed by atoms with Crippen molar-refractivity contribution >= 4 is 26.6 Å². The molecule has 0 saturated carbocycles. The molecule has 0 atom stereocenters. The van der Waals surface area contributed by atoms with Crippen molar-refractivity contribution in [2.24, 2.45) is 0 Å². The van der Waals surface area contributed by atoms with Crippen LogP contribution in [0.2, 0.25) is 0 Å². The number of nitrogens with zero attached hydrogens (tertiary/aromatic N) is 4. The largest absolute Gasteiger partial charge is 0.368 e. The summed E-state index contributed by atoms with van der Waals surface area (Å²) in [4.78, 5) is 7.65. The predicted molar refractivity (Wildman–Crippen MR) is 152 cm³/mol. The van der Waals surface area contributed by atoms with Gasteiger partial charge in [0.15, 0.2) is 0 Å². The zero-order valence-electron chi connectivity index (χ0n) is 21.5. The second-order valence-corrected chi connectivity index (χ2v) is 11.7. The van der Waals surface area contributed by atoms with Crippen molar-refractivity contribution in [2.75, 3.05) is 51.2 Å². The van der Waals surface area contributed by atoms with Crippen molar-refractivity contribution in [1.82, 2.24) is 13.8 Å². The highest BCUT2D eigenvalue weighted by molar-refractivity contribution is 7.90. The van der Waals surface area contributed by atoms with Crippen molar-refractivity contribution in [3.05, 3.63) is 96.7 Å². The third-order valence-electron chi connectivity index (χ3n) is 7.25. The van der Waals surface area contributed by atoms with Crippen LogP contribution in [0.5, 0.6) is 0 Å². The first-order valence-electron chi connectivity index (χ1n) is 13.1. The molecule has 1 saturated heterocycles. The van der Waals surface area contributed by atoms with Gasteiger partial charge in [0.1, 0.15) is 0 Å². The molecule has 6 nitrogen and oxygen atoms in total. The van der Waals surface area contributed by atoms with Gasteiger partial charge in [0, 0.05) is 50.0 Å². The molecular weight excluding hydrogens is 480 g/mol. The standard InChI is InChI=1S/C30H36N4O2S/c1-31(25-26-11-4-2-5-12-26)18-8-9-19-32-21-23-33(24-22-32)29-15-10-16-30-28(29)17-20-34(30)37(35,36)27-13-6-3-7-14-27/h2-7,10-17,20H,8-9,18-19,21-25H2,1H3. The fourth-order valence-corrected chi connectivity index (χ4v) is 6.59. The summed E-state index contributed by atoms with van der Waals surface area (Å²) in [6.07, 6.45) is 4.09. The Morgan fingerprint density at radius 1 is 0.784 bits per heavy atom. The van der Waals surface area contributed by atoms with Gasteiger partial charge in [0.2, 0.25) is 0 Å². The molecule has 0 amide bonds. The molecule has 37 heavy (non-hydrogen) atoms. The minimum atomic E-state index is -3.63. The maximum atomic E-state index is 13.2. The Hall–Kier alpha value is -3.13. The lowest BCUT2D eigenvalue weighted by Gasteiger charge is -2.36. The normalized spacial score (nSPS) is 15.0. The molecule has 194 valence electrons. The first kappa shape index (κ1) is 25.5. The van der Waals surface area contributed by atoms with Crippen LogP contribution in [0, 0.1) is 0 Å². The van der Waals surface area contributed by atoms with Gasteiger partial charge in [-0.15, -0.1) is 0 Å². The van der Waals surface area contributed by atoms with Crippen LogP contribution in [0.3, 0.4) is 0 Å². The summed E-state index contributed by atoms with van der Waals surface area (Å²) in [5.41, 5.74) is 3.20. The van der Waals surface area contributed by atoms with Crippen molar-refractivity contribution in [1.29, 1.82) is 0 Å². The molecule has 0 spiro atoms. The minimum Gasteiger partial charge on any atom is -0.368 e. The van der Waals surface area contributed by atoms with Crippen LogP contribution in [0.4, 0.5) is 5.69 Å². The van der Waals surface area contributed by atoms with Crippen LogP contribution in [-0.4, -0.2) is 68.5 Å². The lowest BCUT2D eigenvalue weighted by Crippen LogP contribution is -2.46. The van der Waals surface area contributed by atoms with E-state index in [0.717, 1.165) is 62.4 Å². The average molecular weight is 517 g/mol. The number of anilines is 1. The van der Waals surface area contributed by atoms with Gasteiger partial charge in [-0.3, -0.25) is 4.90 Å². The Morgan fingerprint density at radius 2 is 1.49 bits per heavy atom. The third-order valence-corrected chi connectivity index (χ3v) is 8.95. The molecule has 0 aliphatic carbocycles. The number of rotatable bonds is 10. The van der Waals surface area contributed by atoms with E-state index < -0.39 is 10.0 Å². The number of piperazine rings is 1. The zero-order valence-corrected chi connectivity index (χ0v) is 22.4. The van der Waals surface area contributed by atoms with Crippen LogP contribution in [0.25, 0.3) is 10.9 Å². The molecule has 0 bridgehead atoms. The van der Waals surface area contributed by atoms with E-state index in [9.17, 15) is 8.42 Å². The maximum absolute atomic E-state index is 13.2. The Kier molecular flexibility index (Phi) is 7.93. The van der Waals surface area contributed by atoms with Gasteiger partial charge >= 0.3 is 0 Å². The zero-order chi connectivity index (χ0) is 25.7. The summed E-state index contributed by atoms with van der Waals surface area (Å²) in [6.45, 7) is 7.19. The molecule has 0 unspecified atom stereocenters. The summed E-state index contributed by atoms with van der Waals surface area (Å²) in [5.74, 6) is 0. The van der Waals surface area contributed by atoms with E-state index >= 15 is 0 Å². The first-order chi connectivity index (χ1) is 18.0. The Balaban J connectivity index is 1.15. The van der Waals surface area contributed by atoms with E-state index in [-0.39, 0.29) is 0 Å². The third kappa shape index (κ3) is 5.90. The fraction of sp³-hybridized carbons (Fsp3) is 0.333. The molecule has 1 aliphatic rings. The molecule has 1 aliphatic heterocycles. The lowest BCUT2D eigenvalue weighted by atomic mass is 10.1. The van der Waals surface area contributed by atoms with Crippen molar-refractivity contribution in [3.8, 4) is 0 Å². The van der Waals surface area contributed by atoms with Gasteiger partial charge in [-0.05, 0) is 68.9 Å². The van der Waals surface area contributed by atoms with Crippen molar-refractivity contribution in [2.45, 2.75) is 24.3 Å². The Morgan fingerprint density at radius 3 is 2.22 bits per heavy atom. The molecule has 5 rings (SSSR count). The maximum Gasteiger partial charge on any atom is 0.268 e. The number of fused-ring (bicyclic) bond motifs is 1. The monoisotopic (exact) mass is 516 g/mol. The van der Waals surface area contributed by atoms with Crippen LogP contribution in [0.15, 0.2) is 96.0 Å². The van der Waals surface area contributed by atoms with Crippen LogP contribution in [0.1, 0.15) is 18.4 Å². The molecule has 0 N–H and O–H groups in total. The number of unbranched alkanes of at least 4 members (excludes halogenated alkanes) is 1. The van der Waals surface area contributed by atoms with Gasteiger partial charge in [0.25, 0.3) is 10.0 Å². The van der Waals surface area contributed by atoms with Crippen LogP contribution in [-0.2, 0) is 16.6 Å². The number of aromatic nitrogens is 1. The molecule has 2 heterocycles. The summed E-state index contributed by atoms with van der Waals surface area (Å²) in [6, 6.07) is 27.2. The Bertz CT molecular complexity index is 1400. The van der Waals surface area contributed by atoms with E-state index in [1.165, 1.54) is 22.4 Å². The molecule has 3 aromatic carbocycles. The van der Waals surface area contributed by atoms with Crippen LogP contribution >= 0.6 is 0 Å². The van der Waals surface area contributed by atoms with Crippen LogP contribution < -0.4 is 4.90 Å². The number of hydrogen-bond donors (Lipinski definition) is 0. The quantitative estimate of drug-likeness (QED) is 0.280. The van der Waals surface area contributed by atoms with E-state index in [1.54, 1.807) is 30.5 Å². The fourth-order valence-electron chi connectivity index (χ4n) is 5.22. The average Bonchev–Trinajstić information content (AvgIpc) is 3.38. The van der Waals surface area contributed by atoms with E-state index in [0.29, 0.717) is 4.90 Å². The molecule has 7 heteroatoms. The van der Waals surface area contributed by atoms with Gasteiger partial charge in [0.05, 0.1) is 10.4 Å². The SMILES string of the molecule is CN(CCCCN1CCN(c2cccc3c2ccn3S(=O)(=O)c2ccccc2)CC1)Cc1ccccc1. The minimum absolute atomic E-state index is 0.303. The topological polar surface area (TPSA) is 48.8 Å². The highest BCUT2D eigenvalue weighted by Crippen LogP contribution is 2.31.